The van der Waals surface area contributed by atoms with Gasteiger partial charge in [-0.1, -0.05) is 26.0 Å². The van der Waals surface area contributed by atoms with E-state index in [1.165, 1.54) is 4.68 Å². The van der Waals surface area contributed by atoms with Gasteiger partial charge in [-0.05, 0) is 36.8 Å². The number of hydrogen-bond acceptors (Lipinski definition) is 5. The molecule has 3 rings (SSSR count). The van der Waals surface area contributed by atoms with Crippen LogP contribution < -0.4 is 10.3 Å². The highest BCUT2D eigenvalue weighted by atomic mass is 16.4. The molecular formula is C19H23N3O4. The van der Waals surface area contributed by atoms with Gasteiger partial charge in [0.15, 0.2) is 5.75 Å². The molecule has 7 nitrogen and oxygen atoms in total. The molecule has 0 aliphatic carbocycles. The van der Waals surface area contributed by atoms with Crippen molar-refractivity contribution in [3.8, 4) is 11.4 Å². The first-order chi connectivity index (χ1) is 12.4. The lowest BCUT2D eigenvalue weighted by Crippen LogP contribution is -2.36. The van der Waals surface area contributed by atoms with Gasteiger partial charge in [-0.2, -0.15) is 5.10 Å². The molecule has 0 atom stereocenters. The molecule has 0 unspecified atom stereocenters. The van der Waals surface area contributed by atoms with Crippen LogP contribution in [0.25, 0.3) is 5.69 Å². The number of anilines is 1. The lowest BCUT2D eigenvalue weighted by molar-refractivity contribution is 0.0686. The van der Waals surface area contributed by atoms with E-state index in [0.717, 1.165) is 37.8 Å². The van der Waals surface area contributed by atoms with Crippen LogP contribution in [0, 0.1) is 11.8 Å². The van der Waals surface area contributed by atoms with Gasteiger partial charge in [0.25, 0.3) is 5.43 Å². The Labute approximate surface area is 151 Å². The van der Waals surface area contributed by atoms with Crippen molar-refractivity contribution in [3.63, 3.8) is 0 Å². The number of carboxylic acid groups (broad SMARTS) is 1. The number of piperidine rings is 1. The van der Waals surface area contributed by atoms with Crippen LogP contribution >= 0.6 is 0 Å². The topological polar surface area (TPSA) is 95.7 Å². The summed E-state index contributed by atoms with van der Waals surface area (Å²) in [5.41, 5.74) is -0.141. The summed E-state index contributed by atoms with van der Waals surface area (Å²) in [5.74, 6) is -0.740. The average molecular weight is 357 g/mol. The van der Waals surface area contributed by atoms with Crippen molar-refractivity contribution in [3.05, 3.63) is 46.4 Å². The second-order valence-corrected chi connectivity index (χ2v) is 7.00. The molecule has 2 N–H and O–H groups in total. The Morgan fingerprint density at radius 3 is 2.38 bits per heavy atom. The Balaban J connectivity index is 1.99. The average Bonchev–Trinajstić information content (AvgIpc) is 2.63. The minimum atomic E-state index is -1.46. The smallest absolute Gasteiger partial charge is 0.360 e. The molecule has 1 aromatic heterocycles. The maximum Gasteiger partial charge on any atom is 0.360 e. The number of rotatable bonds is 4. The summed E-state index contributed by atoms with van der Waals surface area (Å²) in [7, 11) is 0. The van der Waals surface area contributed by atoms with Crippen molar-refractivity contribution < 1.29 is 15.0 Å². The largest absolute Gasteiger partial charge is 0.503 e. The fourth-order valence-corrected chi connectivity index (χ4v) is 3.47. The van der Waals surface area contributed by atoms with Crippen LogP contribution in [-0.2, 0) is 0 Å². The van der Waals surface area contributed by atoms with Gasteiger partial charge < -0.3 is 15.1 Å². The normalized spacial score (nSPS) is 15.4. The van der Waals surface area contributed by atoms with Crippen molar-refractivity contribution in [2.45, 2.75) is 26.7 Å². The van der Waals surface area contributed by atoms with Crippen LogP contribution in [0.2, 0.25) is 0 Å². The molecule has 2 heterocycles. The van der Waals surface area contributed by atoms with Gasteiger partial charge >= 0.3 is 5.97 Å². The maximum absolute atomic E-state index is 11.8. The summed E-state index contributed by atoms with van der Waals surface area (Å²) in [4.78, 5) is 25.3. The molecule has 0 amide bonds. The highest BCUT2D eigenvalue weighted by molar-refractivity contribution is 5.85. The molecule has 26 heavy (non-hydrogen) atoms. The van der Waals surface area contributed by atoms with Gasteiger partial charge in [0.2, 0.25) is 5.69 Å². The molecule has 1 aliphatic rings. The van der Waals surface area contributed by atoms with Crippen LogP contribution in [0.4, 0.5) is 5.69 Å². The van der Waals surface area contributed by atoms with Gasteiger partial charge in [0.1, 0.15) is 0 Å². The molecule has 0 saturated carbocycles. The van der Waals surface area contributed by atoms with Crippen LogP contribution in [0.1, 0.15) is 37.2 Å². The predicted molar refractivity (Wildman–Crippen MR) is 98.2 cm³/mol. The monoisotopic (exact) mass is 357 g/mol. The number of aromatic nitrogens is 2. The Kier molecular flexibility index (Phi) is 4.97. The van der Waals surface area contributed by atoms with Gasteiger partial charge in [-0.15, -0.1) is 0 Å². The zero-order valence-electron chi connectivity index (χ0n) is 14.9. The standard InChI is InChI=1S/C19H23N3O4/c1-12(2)13-7-9-21(10-8-13)14-5-3-4-6-15(14)22-11-16(23)18(24)17(20-22)19(25)26/h3-6,11-13,23H,7-10H2,1-2H3,(H,25,26). The molecule has 1 aliphatic heterocycles. The highest BCUT2D eigenvalue weighted by Crippen LogP contribution is 2.31. The molecule has 7 heteroatoms. The number of aromatic carboxylic acids is 1. The number of aromatic hydroxyl groups is 1. The van der Waals surface area contributed by atoms with Gasteiger partial charge in [0, 0.05) is 13.1 Å². The van der Waals surface area contributed by atoms with Crippen molar-refractivity contribution in [2.24, 2.45) is 11.8 Å². The fourth-order valence-electron chi connectivity index (χ4n) is 3.47. The first-order valence-corrected chi connectivity index (χ1v) is 8.79. The van der Waals surface area contributed by atoms with E-state index in [2.05, 4.69) is 23.8 Å². The van der Waals surface area contributed by atoms with Crippen LogP contribution in [-0.4, -0.2) is 39.1 Å². The molecule has 1 aromatic carbocycles. The minimum absolute atomic E-state index is 0.633. The van der Waals surface area contributed by atoms with E-state index in [0.29, 0.717) is 17.5 Å². The number of carboxylic acids is 1. The quantitative estimate of drug-likeness (QED) is 0.873. The highest BCUT2D eigenvalue weighted by Gasteiger charge is 2.24. The second kappa shape index (κ2) is 7.19. The predicted octanol–water partition coefficient (Wildman–Crippen LogP) is 2.51. The summed E-state index contributed by atoms with van der Waals surface area (Å²) in [6.07, 6.45) is 3.35. The summed E-state index contributed by atoms with van der Waals surface area (Å²) in [6.45, 7) is 6.29. The third kappa shape index (κ3) is 3.42. The van der Waals surface area contributed by atoms with E-state index in [9.17, 15) is 14.7 Å². The van der Waals surface area contributed by atoms with Crippen molar-refractivity contribution in [2.75, 3.05) is 18.0 Å². The maximum atomic E-state index is 11.8. The molecule has 0 bridgehead atoms. The molecule has 0 radical (unpaired) electrons. The number of para-hydroxylation sites is 2. The Morgan fingerprint density at radius 2 is 1.81 bits per heavy atom. The molecule has 138 valence electrons. The van der Waals surface area contributed by atoms with Crippen LogP contribution in [0.5, 0.6) is 5.75 Å². The first-order valence-electron chi connectivity index (χ1n) is 8.79. The van der Waals surface area contributed by atoms with E-state index in [1.807, 2.05) is 18.2 Å². The van der Waals surface area contributed by atoms with Crippen molar-refractivity contribution in [1.82, 2.24) is 9.78 Å². The van der Waals surface area contributed by atoms with E-state index in [1.54, 1.807) is 6.07 Å². The number of benzene rings is 1. The SMILES string of the molecule is CC(C)C1CCN(c2ccccc2-n2cc(O)c(=O)c(C(=O)O)n2)CC1. The van der Waals surface area contributed by atoms with Gasteiger partial charge in [-0.25, -0.2) is 9.48 Å². The third-order valence-electron chi connectivity index (χ3n) is 5.05. The lowest BCUT2D eigenvalue weighted by Gasteiger charge is -2.36. The first kappa shape index (κ1) is 18.0. The molecule has 0 spiro atoms. The van der Waals surface area contributed by atoms with Crippen LogP contribution in [0.15, 0.2) is 35.3 Å². The zero-order chi connectivity index (χ0) is 18.8. The Morgan fingerprint density at radius 1 is 1.19 bits per heavy atom. The number of hydrogen-bond donors (Lipinski definition) is 2. The number of carbonyl (C=O) groups is 1. The van der Waals surface area contributed by atoms with E-state index < -0.39 is 22.8 Å². The summed E-state index contributed by atoms with van der Waals surface area (Å²) in [6, 6.07) is 7.47. The summed E-state index contributed by atoms with van der Waals surface area (Å²) in [5, 5.41) is 22.9. The third-order valence-corrected chi connectivity index (χ3v) is 5.05. The Hall–Kier alpha value is -2.83. The minimum Gasteiger partial charge on any atom is -0.503 e. The fraction of sp³-hybridized carbons (Fsp3) is 0.421. The zero-order valence-corrected chi connectivity index (χ0v) is 14.9. The van der Waals surface area contributed by atoms with Crippen molar-refractivity contribution >= 4 is 11.7 Å². The van der Waals surface area contributed by atoms with E-state index in [4.69, 9.17) is 5.11 Å². The molecule has 1 saturated heterocycles. The summed E-state index contributed by atoms with van der Waals surface area (Å²) < 4.78 is 1.27. The second-order valence-electron chi connectivity index (χ2n) is 7.00. The van der Waals surface area contributed by atoms with E-state index in [-0.39, 0.29) is 0 Å². The lowest BCUT2D eigenvalue weighted by atomic mass is 9.86. The molecule has 1 fully saturated rings. The van der Waals surface area contributed by atoms with Crippen molar-refractivity contribution in [1.29, 1.82) is 0 Å². The Bertz CT molecular complexity index is 867. The summed E-state index contributed by atoms with van der Waals surface area (Å²) >= 11 is 0. The molecule has 2 aromatic rings. The molecular weight excluding hydrogens is 334 g/mol. The van der Waals surface area contributed by atoms with Gasteiger partial charge in [-0.3, -0.25) is 4.79 Å². The number of nitrogens with zero attached hydrogens (tertiary/aromatic N) is 3. The van der Waals surface area contributed by atoms with Gasteiger partial charge in [0.05, 0.1) is 17.6 Å². The van der Waals surface area contributed by atoms with E-state index >= 15 is 0 Å². The van der Waals surface area contributed by atoms with Crippen LogP contribution in [0.3, 0.4) is 0 Å².